The number of hydrogen-bond acceptors (Lipinski definition) is 4. The summed E-state index contributed by atoms with van der Waals surface area (Å²) in [7, 11) is 1.67. The second-order valence-electron chi connectivity index (χ2n) is 5.56. The molecule has 0 amide bonds. The van der Waals surface area contributed by atoms with Crippen LogP contribution in [0.2, 0.25) is 0 Å². The van der Waals surface area contributed by atoms with Gasteiger partial charge >= 0.3 is 0 Å². The van der Waals surface area contributed by atoms with Gasteiger partial charge in [-0.1, -0.05) is 18.2 Å². The fourth-order valence-corrected chi connectivity index (χ4v) is 2.82. The lowest BCUT2D eigenvalue weighted by atomic mass is 10.2. The van der Waals surface area contributed by atoms with E-state index in [1.54, 1.807) is 13.4 Å². The summed E-state index contributed by atoms with van der Waals surface area (Å²) in [6, 6.07) is 11.9. The van der Waals surface area contributed by atoms with E-state index in [0.717, 1.165) is 54.0 Å². The van der Waals surface area contributed by atoms with Crippen LogP contribution in [0.15, 0.2) is 64.7 Å². The van der Waals surface area contributed by atoms with E-state index in [4.69, 9.17) is 9.15 Å². The maximum absolute atomic E-state index is 5.37. The molecule has 1 aromatic heterocycles. The van der Waals surface area contributed by atoms with Crippen molar-refractivity contribution in [2.75, 3.05) is 31.7 Å². The lowest BCUT2D eigenvalue weighted by Crippen LogP contribution is -2.39. The van der Waals surface area contributed by atoms with Gasteiger partial charge in [0.2, 0.25) is 0 Å². The molecule has 0 aliphatic rings. The number of hydrogen-bond donors (Lipinski definition) is 2. The third-order valence-electron chi connectivity index (χ3n) is 3.60. The molecule has 2 N–H and O–H groups in total. The van der Waals surface area contributed by atoms with E-state index < -0.39 is 0 Å². The van der Waals surface area contributed by atoms with E-state index in [0.29, 0.717) is 6.54 Å². The summed E-state index contributed by atoms with van der Waals surface area (Å²) in [5.74, 6) is 4.60. The number of aliphatic imine (C=N–C) groups is 1. The predicted octanol–water partition coefficient (Wildman–Crippen LogP) is 4.10. The van der Waals surface area contributed by atoms with Crippen LogP contribution in [0.1, 0.15) is 11.3 Å². The van der Waals surface area contributed by atoms with E-state index >= 15 is 0 Å². The highest BCUT2D eigenvalue weighted by molar-refractivity contribution is 14.0. The van der Waals surface area contributed by atoms with Gasteiger partial charge < -0.3 is 19.8 Å². The van der Waals surface area contributed by atoms with Crippen LogP contribution < -0.4 is 15.4 Å². The summed E-state index contributed by atoms with van der Waals surface area (Å²) in [5, 5.41) is 6.75. The first-order valence-electron chi connectivity index (χ1n) is 8.68. The summed E-state index contributed by atoms with van der Waals surface area (Å²) in [6.45, 7) is 5.97. The zero-order valence-corrected chi connectivity index (χ0v) is 18.8. The topological polar surface area (TPSA) is 58.8 Å². The first kappa shape index (κ1) is 23.4. The Morgan fingerprint density at radius 1 is 1.22 bits per heavy atom. The number of guanidine groups is 1. The molecule has 7 heteroatoms. The summed E-state index contributed by atoms with van der Waals surface area (Å²) in [5.41, 5.74) is 1.14. The number of benzene rings is 1. The number of nitrogens with one attached hydrogen (secondary N) is 2. The van der Waals surface area contributed by atoms with Crippen LogP contribution in [0.4, 0.5) is 0 Å². The van der Waals surface area contributed by atoms with Crippen molar-refractivity contribution >= 4 is 41.7 Å². The summed E-state index contributed by atoms with van der Waals surface area (Å²) in [4.78, 5) is 4.68. The normalized spacial score (nSPS) is 10.8. The van der Waals surface area contributed by atoms with E-state index in [-0.39, 0.29) is 24.0 Å². The van der Waals surface area contributed by atoms with Gasteiger partial charge in [-0.15, -0.1) is 30.6 Å². The van der Waals surface area contributed by atoms with Gasteiger partial charge in [0.05, 0.1) is 19.9 Å². The molecule has 0 saturated heterocycles. The van der Waals surface area contributed by atoms with Gasteiger partial charge in [-0.3, -0.25) is 0 Å². The molecule has 0 bridgehead atoms. The van der Waals surface area contributed by atoms with E-state index in [9.17, 15) is 0 Å². The van der Waals surface area contributed by atoms with Gasteiger partial charge in [0.1, 0.15) is 11.5 Å². The average Bonchev–Trinajstić information content (AvgIpc) is 3.19. The van der Waals surface area contributed by atoms with Crippen LogP contribution in [0.3, 0.4) is 0 Å². The Morgan fingerprint density at radius 2 is 2.00 bits per heavy atom. The van der Waals surface area contributed by atoms with Crippen molar-refractivity contribution in [3.63, 3.8) is 0 Å². The Balaban J connectivity index is 0.00000364. The molecule has 2 rings (SSSR count). The van der Waals surface area contributed by atoms with Crippen molar-refractivity contribution in [2.45, 2.75) is 13.0 Å². The van der Waals surface area contributed by atoms with E-state index in [1.165, 1.54) is 0 Å². The maximum atomic E-state index is 5.37. The Labute approximate surface area is 183 Å². The maximum Gasteiger partial charge on any atom is 0.191 e. The Bertz CT molecular complexity index is 660. The summed E-state index contributed by atoms with van der Waals surface area (Å²) < 4.78 is 10.6. The fourth-order valence-electron chi connectivity index (χ4n) is 2.24. The highest BCUT2D eigenvalue weighted by Crippen LogP contribution is 2.11. The summed E-state index contributed by atoms with van der Waals surface area (Å²) >= 11 is 1.84. The van der Waals surface area contributed by atoms with Crippen molar-refractivity contribution in [2.24, 2.45) is 4.99 Å². The van der Waals surface area contributed by atoms with E-state index in [2.05, 4.69) is 22.2 Å². The molecule has 0 unspecified atom stereocenters. The molecular formula is C20H28IN3O2S. The minimum absolute atomic E-state index is 0. The molecule has 0 spiro atoms. The number of methoxy groups -OCH3 is 1. The number of furan rings is 1. The minimum Gasteiger partial charge on any atom is -0.497 e. The third kappa shape index (κ3) is 9.76. The molecule has 0 saturated carbocycles. The monoisotopic (exact) mass is 501 g/mol. The van der Waals surface area contributed by atoms with Crippen molar-refractivity contribution in [1.29, 1.82) is 0 Å². The smallest absolute Gasteiger partial charge is 0.191 e. The first-order chi connectivity index (χ1) is 12.8. The van der Waals surface area contributed by atoms with Crippen molar-refractivity contribution < 1.29 is 9.15 Å². The fraction of sp³-hybridized carbons (Fsp3) is 0.350. The molecule has 0 aliphatic heterocycles. The number of ether oxygens (including phenoxy) is 1. The Hall–Kier alpha value is -1.61. The lowest BCUT2D eigenvalue weighted by molar-refractivity contribution is 0.414. The third-order valence-corrected chi connectivity index (χ3v) is 4.56. The van der Waals surface area contributed by atoms with Crippen LogP contribution in [-0.4, -0.2) is 37.7 Å². The standard InChI is InChI=1S/C20H27N3O2S.HI/c1-3-14-26-15-12-22-20(21-11-10-19-5-4-13-25-19)23-16-17-6-8-18(24-2)9-7-17;/h3-9,13H,1,10-12,14-16H2,2H3,(H2,21,22,23);1H. The molecule has 0 radical (unpaired) electrons. The van der Waals surface area contributed by atoms with Gasteiger partial charge in [0.25, 0.3) is 0 Å². The Morgan fingerprint density at radius 3 is 2.67 bits per heavy atom. The molecule has 1 aromatic carbocycles. The first-order valence-corrected chi connectivity index (χ1v) is 9.83. The molecule has 0 aliphatic carbocycles. The summed E-state index contributed by atoms with van der Waals surface area (Å²) in [6.07, 6.45) is 4.44. The zero-order chi connectivity index (χ0) is 18.5. The minimum atomic E-state index is 0. The zero-order valence-electron chi connectivity index (χ0n) is 15.6. The molecule has 0 fully saturated rings. The molecule has 0 atom stereocenters. The molecule has 148 valence electrons. The van der Waals surface area contributed by atoms with E-state index in [1.807, 2.05) is 54.2 Å². The number of halogens is 1. The number of thioether (sulfide) groups is 1. The van der Waals surface area contributed by atoms with Crippen LogP contribution in [0.25, 0.3) is 0 Å². The van der Waals surface area contributed by atoms with Crippen molar-refractivity contribution in [1.82, 2.24) is 10.6 Å². The highest BCUT2D eigenvalue weighted by atomic mass is 127. The van der Waals surface area contributed by atoms with Gasteiger partial charge in [0.15, 0.2) is 5.96 Å². The molecular weight excluding hydrogens is 473 g/mol. The van der Waals surface area contributed by atoms with Crippen LogP contribution in [-0.2, 0) is 13.0 Å². The second-order valence-corrected chi connectivity index (χ2v) is 6.71. The predicted molar refractivity (Wildman–Crippen MR) is 125 cm³/mol. The SMILES string of the molecule is C=CCSCCNC(=NCc1ccc(OC)cc1)NCCc1ccco1.I. The van der Waals surface area contributed by atoms with Gasteiger partial charge in [-0.2, -0.15) is 11.8 Å². The second kappa shape index (κ2) is 14.4. The lowest BCUT2D eigenvalue weighted by Gasteiger charge is -2.12. The molecule has 5 nitrogen and oxygen atoms in total. The van der Waals surface area contributed by atoms with Crippen molar-refractivity contribution in [3.8, 4) is 5.75 Å². The van der Waals surface area contributed by atoms with Crippen LogP contribution in [0, 0.1) is 0 Å². The highest BCUT2D eigenvalue weighted by Gasteiger charge is 2.01. The van der Waals surface area contributed by atoms with Crippen LogP contribution in [0.5, 0.6) is 5.75 Å². The van der Waals surface area contributed by atoms with Gasteiger partial charge in [-0.05, 0) is 29.8 Å². The molecule has 27 heavy (non-hydrogen) atoms. The van der Waals surface area contributed by atoms with Crippen molar-refractivity contribution in [3.05, 3.63) is 66.6 Å². The number of rotatable bonds is 11. The quantitative estimate of drug-likeness (QED) is 0.160. The van der Waals surface area contributed by atoms with Gasteiger partial charge in [0, 0.05) is 31.0 Å². The molecule has 2 aromatic rings. The average molecular weight is 501 g/mol. The molecule has 1 heterocycles. The van der Waals surface area contributed by atoms with Gasteiger partial charge in [-0.25, -0.2) is 4.99 Å². The Kier molecular flexibility index (Phi) is 12.5. The van der Waals surface area contributed by atoms with Crippen LogP contribution >= 0.6 is 35.7 Å². The largest absolute Gasteiger partial charge is 0.497 e. The number of nitrogens with zero attached hydrogens (tertiary/aromatic N) is 1.